The van der Waals surface area contributed by atoms with Crippen LogP contribution in [0.15, 0.2) is 48.6 Å². The van der Waals surface area contributed by atoms with Gasteiger partial charge in [0.2, 0.25) is 0 Å². The van der Waals surface area contributed by atoms with E-state index in [4.69, 9.17) is 14.2 Å². The molecule has 5 nitrogen and oxygen atoms in total. The van der Waals surface area contributed by atoms with Gasteiger partial charge in [-0.3, -0.25) is 9.59 Å². The number of hydrogen-bond acceptors (Lipinski definition) is 5. The number of carbonyl (C=O) groups is 2. The molecule has 0 rings (SSSR count). The molecule has 0 amide bonds. The van der Waals surface area contributed by atoms with Gasteiger partial charge in [-0.15, -0.1) is 0 Å². The largest absolute Gasteiger partial charge is 0.463 e. The summed E-state index contributed by atoms with van der Waals surface area (Å²) in [5, 5.41) is 0. The zero-order chi connectivity index (χ0) is 43.5. The van der Waals surface area contributed by atoms with Crippen LogP contribution in [0, 0.1) is 0 Å². The molecule has 0 N–H and O–H groups in total. The molecular formula is C55H100O5. The van der Waals surface area contributed by atoms with E-state index in [2.05, 4.69) is 69.4 Å². The van der Waals surface area contributed by atoms with E-state index in [0.717, 1.165) is 83.5 Å². The number of unbranched alkanes of at least 4 members (excludes halogenated alkanes) is 29. The van der Waals surface area contributed by atoms with E-state index in [1.54, 1.807) is 0 Å². The van der Waals surface area contributed by atoms with E-state index >= 15 is 0 Å². The third-order valence-electron chi connectivity index (χ3n) is 11.4. The smallest absolute Gasteiger partial charge is 0.305 e. The van der Waals surface area contributed by atoms with Crippen molar-refractivity contribution in [3.63, 3.8) is 0 Å². The van der Waals surface area contributed by atoms with E-state index in [9.17, 15) is 9.59 Å². The molecule has 0 saturated carbocycles. The summed E-state index contributed by atoms with van der Waals surface area (Å²) >= 11 is 0. The number of ether oxygens (including phenoxy) is 3. The summed E-state index contributed by atoms with van der Waals surface area (Å²) in [5.41, 5.74) is 0. The van der Waals surface area contributed by atoms with Crippen LogP contribution in [0.4, 0.5) is 0 Å². The van der Waals surface area contributed by atoms with Crippen LogP contribution in [0.25, 0.3) is 0 Å². The summed E-state index contributed by atoms with van der Waals surface area (Å²) in [4.78, 5) is 25.2. The minimum absolute atomic E-state index is 0.148. The van der Waals surface area contributed by atoms with Crippen molar-refractivity contribution < 1.29 is 23.8 Å². The second-order valence-electron chi connectivity index (χ2n) is 17.4. The van der Waals surface area contributed by atoms with E-state index in [0.29, 0.717) is 19.4 Å². The first-order valence-corrected chi connectivity index (χ1v) is 26.2. The Morgan fingerprint density at radius 1 is 0.367 bits per heavy atom. The summed E-state index contributed by atoms with van der Waals surface area (Å²) in [7, 11) is 0. The zero-order valence-electron chi connectivity index (χ0n) is 40.2. The Morgan fingerprint density at radius 3 is 1.10 bits per heavy atom. The third kappa shape index (κ3) is 48.5. The van der Waals surface area contributed by atoms with Gasteiger partial charge in [0.05, 0.1) is 0 Å². The molecule has 0 fully saturated rings. The van der Waals surface area contributed by atoms with Crippen molar-refractivity contribution >= 4 is 11.9 Å². The molecule has 0 aromatic heterocycles. The fraction of sp³-hybridized carbons (Fsp3) is 0.818. The topological polar surface area (TPSA) is 61.8 Å². The number of carbonyl (C=O) groups excluding carboxylic acids is 2. The van der Waals surface area contributed by atoms with Gasteiger partial charge in [-0.05, 0) is 77.0 Å². The molecule has 350 valence electrons. The van der Waals surface area contributed by atoms with Crippen LogP contribution in [-0.2, 0) is 23.8 Å². The maximum Gasteiger partial charge on any atom is 0.305 e. The lowest BCUT2D eigenvalue weighted by Crippen LogP contribution is -2.29. The Labute approximate surface area is 373 Å². The van der Waals surface area contributed by atoms with Crippen LogP contribution in [0.2, 0.25) is 0 Å². The van der Waals surface area contributed by atoms with E-state index in [-0.39, 0.29) is 25.2 Å². The van der Waals surface area contributed by atoms with E-state index in [1.807, 2.05) is 0 Å². The Bertz CT molecular complexity index is 997. The van der Waals surface area contributed by atoms with Crippen molar-refractivity contribution in [2.45, 2.75) is 271 Å². The predicted molar refractivity (Wildman–Crippen MR) is 261 cm³/mol. The first kappa shape index (κ1) is 57.9. The second kappa shape index (κ2) is 51.2. The van der Waals surface area contributed by atoms with Crippen molar-refractivity contribution in [2.24, 2.45) is 0 Å². The molecule has 5 heteroatoms. The minimum atomic E-state index is -0.407. The molecular weight excluding hydrogens is 741 g/mol. The Kier molecular flexibility index (Phi) is 49.4. The average molecular weight is 841 g/mol. The van der Waals surface area contributed by atoms with Gasteiger partial charge in [-0.2, -0.15) is 0 Å². The fourth-order valence-electron chi connectivity index (χ4n) is 7.44. The first-order chi connectivity index (χ1) is 29.6. The van der Waals surface area contributed by atoms with Gasteiger partial charge in [0.25, 0.3) is 0 Å². The molecule has 0 radical (unpaired) electrons. The highest BCUT2D eigenvalue weighted by molar-refractivity contribution is 5.69. The summed E-state index contributed by atoms with van der Waals surface area (Å²) in [6.45, 7) is 7.61. The molecule has 1 atom stereocenters. The molecule has 0 aliphatic rings. The second-order valence-corrected chi connectivity index (χ2v) is 17.4. The van der Waals surface area contributed by atoms with Gasteiger partial charge in [0.15, 0.2) is 0 Å². The lowest BCUT2D eigenvalue weighted by Gasteiger charge is -2.18. The van der Waals surface area contributed by atoms with Crippen molar-refractivity contribution in [2.75, 3.05) is 19.8 Å². The highest BCUT2D eigenvalue weighted by Crippen LogP contribution is 2.15. The standard InChI is InChI=1S/C55H100O5/c1-4-7-10-13-16-19-22-25-27-29-32-35-38-41-44-47-50-58-53(51-59-54(56)48-45-42-39-36-33-30-24-21-18-15-12-9-6-3)52-60-55(57)49-46-43-40-37-34-31-28-26-23-20-17-14-11-8-5-2/h8,11,17,20-21,24,26,28,53H,4-7,9-10,12-16,18-19,22-23,25,27,29-52H2,1-3H3/b11-8-,20-17-,24-21-,28-26-/t53-/m0/s1. The Hall–Kier alpha value is -2.14. The molecule has 0 aliphatic heterocycles. The lowest BCUT2D eigenvalue weighted by atomic mass is 10.0. The predicted octanol–water partition coefficient (Wildman–Crippen LogP) is 17.6. The lowest BCUT2D eigenvalue weighted by molar-refractivity contribution is -0.155. The van der Waals surface area contributed by atoms with E-state index in [1.165, 1.54) is 148 Å². The van der Waals surface area contributed by atoms with Crippen LogP contribution in [-0.4, -0.2) is 37.9 Å². The SMILES string of the molecule is CC/C=C\C/C=C\C/C=C\CCCCCCCC(=O)OC[C@H](COC(=O)CCCCCCC/C=C\CCCCCC)OCCCCCCCCCCCCCCCCCC. The molecule has 0 aliphatic carbocycles. The van der Waals surface area contributed by atoms with Gasteiger partial charge in [0, 0.05) is 19.4 Å². The molecule has 0 aromatic rings. The van der Waals surface area contributed by atoms with Crippen LogP contribution in [0.3, 0.4) is 0 Å². The highest BCUT2D eigenvalue weighted by Gasteiger charge is 2.16. The summed E-state index contributed by atoms with van der Waals surface area (Å²) in [5.74, 6) is -0.355. The van der Waals surface area contributed by atoms with Crippen molar-refractivity contribution in [3.8, 4) is 0 Å². The summed E-state index contributed by atoms with van der Waals surface area (Å²) in [6, 6.07) is 0. The Morgan fingerprint density at radius 2 is 0.683 bits per heavy atom. The van der Waals surface area contributed by atoms with E-state index < -0.39 is 6.10 Å². The molecule has 0 heterocycles. The minimum Gasteiger partial charge on any atom is -0.463 e. The number of esters is 2. The molecule has 60 heavy (non-hydrogen) atoms. The van der Waals surface area contributed by atoms with Crippen molar-refractivity contribution in [3.05, 3.63) is 48.6 Å². The monoisotopic (exact) mass is 841 g/mol. The van der Waals surface area contributed by atoms with Crippen LogP contribution in [0.1, 0.15) is 265 Å². The maximum absolute atomic E-state index is 12.6. The van der Waals surface area contributed by atoms with Crippen LogP contribution < -0.4 is 0 Å². The van der Waals surface area contributed by atoms with Gasteiger partial charge in [0.1, 0.15) is 19.3 Å². The van der Waals surface area contributed by atoms with Crippen LogP contribution >= 0.6 is 0 Å². The number of hydrogen-bond donors (Lipinski definition) is 0. The number of rotatable bonds is 48. The van der Waals surface area contributed by atoms with Gasteiger partial charge in [-0.1, -0.05) is 223 Å². The maximum atomic E-state index is 12.6. The first-order valence-electron chi connectivity index (χ1n) is 26.2. The fourth-order valence-corrected chi connectivity index (χ4v) is 7.44. The van der Waals surface area contributed by atoms with Gasteiger partial charge < -0.3 is 14.2 Å². The number of allylic oxidation sites excluding steroid dienone is 8. The molecule has 0 aromatic carbocycles. The highest BCUT2D eigenvalue weighted by atomic mass is 16.6. The average Bonchev–Trinajstić information content (AvgIpc) is 3.25. The summed E-state index contributed by atoms with van der Waals surface area (Å²) in [6.07, 6.45) is 62.8. The quantitative estimate of drug-likeness (QED) is 0.0347. The van der Waals surface area contributed by atoms with Crippen LogP contribution in [0.5, 0.6) is 0 Å². The molecule has 0 unspecified atom stereocenters. The molecule has 0 saturated heterocycles. The van der Waals surface area contributed by atoms with Gasteiger partial charge >= 0.3 is 11.9 Å². The van der Waals surface area contributed by atoms with Crippen molar-refractivity contribution in [1.82, 2.24) is 0 Å². The zero-order valence-corrected chi connectivity index (χ0v) is 40.2. The third-order valence-corrected chi connectivity index (χ3v) is 11.4. The summed E-state index contributed by atoms with van der Waals surface area (Å²) < 4.78 is 17.4. The normalized spacial score (nSPS) is 12.5. The Balaban J connectivity index is 4.27. The molecule has 0 spiro atoms. The van der Waals surface area contributed by atoms with Gasteiger partial charge in [-0.25, -0.2) is 0 Å². The molecule has 0 bridgehead atoms. The van der Waals surface area contributed by atoms with Crippen molar-refractivity contribution in [1.29, 1.82) is 0 Å².